The molecule has 0 fully saturated rings. The Morgan fingerprint density at radius 1 is 1.15 bits per heavy atom. The topological polar surface area (TPSA) is 87.5 Å². The molecule has 0 saturated carbocycles. The lowest BCUT2D eigenvalue weighted by Crippen LogP contribution is -2.23. The predicted octanol–water partition coefficient (Wildman–Crippen LogP) is 2.47. The number of phenols is 1. The fourth-order valence-corrected chi connectivity index (χ4v) is 2.66. The van der Waals surface area contributed by atoms with Crippen LogP contribution in [0.2, 0.25) is 0 Å². The van der Waals surface area contributed by atoms with Crippen molar-refractivity contribution in [2.45, 2.75) is 13.0 Å². The fraction of sp³-hybridized carbons (Fsp3) is 0.211. The third-order valence-electron chi connectivity index (χ3n) is 4.07. The summed E-state index contributed by atoms with van der Waals surface area (Å²) >= 11 is 0. The lowest BCUT2D eigenvalue weighted by atomic mass is 10.0. The van der Waals surface area contributed by atoms with Crippen LogP contribution in [0, 0.1) is 0 Å². The highest BCUT2D eigenvalue weighted by Crippen LogP contribution is 2.27. The first-order valence-electron chi connectivity index (χ1n) is 8.21. The van der Waals surface area contributed by atoms with Crippen molar-refractivity contribution < 1.29 is 14.7 Å². The quantitative estimate of drug-likeness (QED) is 0.738. The summed E-state index contributed by atoms with van der Waals surface area (Å²) < 4.78 is 1.60. The second-order valence-electron chi connectivity index (χ2n) is 6.14. The molecule has 2 amide bonds. The lowest BCUT2D eigenvalue weighted by molar-refractivity contribution is -0.128. The van der Waals surface area contributed by atoms with Crippen LogP contribution in [0.25, 0.3) is 10.8 Å². The molecule has 134 valence electrons. The van der Waals surface area contributed by atoms with Crippen molar-refractivity contribution in [1.82, 2.24) is 14.7 Å². The van der Waals surface area contributed by atoms with E-state index in [9.17, 15) is 14.7 Å². The monoisotopic (exact) mass is 352 g/mol. The number of anilines is 1. The van der Waals surface area contributed by atoms with Crippen molar-refractivity contribution in [1.29, 1.82) is 0 Å². The Kier molecular flexibility index (Phi) is 4.88. The fourth-order valence-electron chi connectivity index (χ4n) is 2.66. The van der Waals surface area contributed by atoms with E-state index in [1.807, 2.05) is 18.2 Å². The highest BCUT2D eigenvalue weighted by molar-refractivity contribution is 6.14. The molecule has 0 aliphatic carbocycles. The maximum Gasteiger partial charge on any atom is 0.261 e. The molecule has 1 aromatic heterocycles. The van der Waals surface area contributed by atoms with E-state index in [4.69, 9.17) is 0 Å². The van der Waals surface area contributed by atoms with Crippen molar-refractivity contribution in [3.8, 4) is 5.75 Å². The lowest BCUT2D eigenvalue weighted by Gasteiger charge is -2.10. The van der Waals surface area contributed by atoms with Gasteiger partial charge >= 0.3 is 0 Å². The minimum atomic E-state index is -0.436. The summed E-state index contributed by atoms with van der Waals surface area (Å²) in [6, 6.07) is 12.3. The molecule has 7 heteroatoms. The number of carbonyl (C=O) groups is 2. The molecule has 0 unspecified atom stereocenters. The van der Waals surface area contributed by atoms with Crippen LogP contribution >= 0.6 is 0 Å². The molecule has 0 radical (unpaired) electrons. The molecule has 0 spiro atoms. The number of aromatic hydroxyl groups is 1. The maximum absolute atomic E-state index is 12.6. The van der Waals surface area contributed by atoms with Crippen LogP contribution in [0.4, 0.5) is 5.82 Å². The zero-order valence-corrected chi connectivity index (χ0v) is 14.6. The van der Waals surface area contributed by atoms with E-state index in [1.165, 1.54) is 11.0 Å². The Morgan fingerprint density at radius 3 is 2.69 bits per heavy atom. The van der Waals surface area contributed by atoms with Gasteiger partial charge in [-0.25, -0.2) is 0 Å². The van der Waals surface area contributed by atoms with Gasteiger partial charge < -0.3 is 15.3 Å². The average molecular weight is 352 g/mol. The van der Waals surface area contributed by atoms with Crippen LogP contribution in [0.1, 0.15) is 16.8 Å². The molecule has 2 aromatic carbocycles. The summed E-state index contributed by atoms with van der Waals surface area (Å²) in [5, 5.41) is 18.6. The van der Waals surface area contributed by atoms with Gasteiger partial charge in [0.05, 0.1) is 5.56 Å². The van der Waals surface area contributed by atoms with E-state index in [-0.39, 0.29) is 17.2 Å². The number of fused-ring (bicyclic) bond motifs is 1. The zero-order chi connectivity index (χ0) is 18.7. The summed E-state index contributed by atoms with van der Waals surface area (Å²) in [7, 11) is 3.40. The zero-order valence-electron chi connectivity index (χ0n) is 14.6. The van der Waals surface area contributed by atoms with Crippen LogP contribution in [0.3, 0.4) is 0 Å². The normalized spacial score (nSPS) is 10.7. The Bertz CT molecular complexity index is 962. The maximum atomic E-state index is 12.6. The number of aromatic nitrogens is 2. The number of hydrogen-bond donors (Lipinski definition) is 2. The number of nitrogens with one attached hydrogen (secondary N) is 1. The number of amides is 2. The standard InChI is InChI=1S/C19H20N4O3/c1-22(2)17(25)10-12-23-11-9-16(21-23)20-19(26)18-14-6-4-3-5-13(14)7-8-15(18)24/h3-9,11,24H,10,12H2,1-2H3,(H,20,21,26). The van der Waals surface area contributed by atoms with Crippen molar-refractivity contribution in [2.24, 2.45) is 0 Å². The SMILES string of the molecule is CN(C)C(=O)CCn1ccc(NC(=O)c2c(O)ccc3ccccc23)n1. The van der Waals surface area contributed by atoms with Gasteiger partial charge in [-0.05, 0) is 16.8 Å². The summed E-state index contributed by atoms with van der Waals surface area (Å²) in [5.41, 5.74) is 0.209. The van der Waals surface area contributed by atoms with E-state index >= 15 is 0 Å². The molecule has 0 aliphatic rings. The Balaban J connectivity index is 1.75. The van der Waals surface area contributed by atoms with Gasteiger partial charge in [0, 0.05) is 39.3 Å². The number of aryl methyl sites for hydroxylation is 1. The third-order valence-corrected chi connectivity index (χ3v) is 4.07. The predicted molar refractivity (Wildman–Crippen MR) is 99.1 cm³/mol. The average Bonchev–Trinajstić information content (AvgIpc) is 3.06. The highest BCUT2D eigenvalue weighted by Gasteiger charge is 2.16. The van der Waals surface area contributed by atoms with Crippen molar-refractivity contribution in [3.05, 3.63) is 54.2 Å². The molecule has 0 atom stereocenters. The number of benzene rings is 2. The second kappa shape index (κ2) is 7.26. The van der Waals surface area contributed by atoms with Gasteiger partial charge in [-0.3, -0.25) is 14.3 Å². The first-order valence-corrected chi connectivity index (χ1v) is 8.21. The van der Waals surface area contributed by atoms with Crippen LogP contribution < -0.4 is 5.32 Å². The number of nitrogens with zero attached hydrogens (tertiary/aromatic N) is 3. The largest absolute Gasteiger partial charge is 0.507 e. The number of rotatable bonds is 5. The Hall–Kier alpha value is -3.35. The first kappa shape index (κ1) is 17.5. The molecule has 3 aromatic rings. The molecule has 2 N–H and O–H groups in total. The van der Waals surface area contributed by atoms with Gasteiger partial charge in [0.1, 0.15) is 5.75 Å². The minimum Gasteiger partial charge on any atom is -0.507 e. The van der Waals surface area contributed by atoms with Crippen LogP contribution in [0.5, 0.6) is 5.75 Å². The molecular weight excluding hydrogens is 332 g/mol. The van der Waals surface area contributed by atoms with Gasteiger partial charge in [-0.1, -0.05) is 30.3 Å². The van der Waals surface area contributed by atoms with Gasteiger partial charge in [-0.15, -0.1) is 0 Å². The van der Waals surface area contributed by atoms with Gasteiger partial charge in [0.25, 0.3) is 5.91 Å². The summed E-state index contributed by atoms with van der Waals surface area (Å²) in [5.74, 6) is -0.155. The summed E-state index contributed by atoms with van der Waals surface area (Å²) in [4.78, 5) is 25.8. The van der Waals surface area contributed by atoms with Gasteiger partial charge in [-0.2, -0.15) is 5.10 Å². The van der Waals surface area contributed by atoms with Crippen molar-refractivity contribution in [3.63, 3.8) is 0 Å². The van der Waals surface area contributed by atoms with Gasteiger partial charge in [0.15, 0.2) is 5.82 Å². The summed E-state index contributed by atoms with van der Waals surface area (Å²) in [6.45, 7) is 0.423. The molecule has 26 heavy (non-hydrogen) atoms. The van der Waals surface area contributed by atoms with E-state index in [1.54, 1.807) is 43.2 Å². The third kappa shape index (κ3) is 3.66. The smallest absolute Gasteiger partial charge is 0.261 e. The molecule has 0 saturated heterocycles. The highest BCUT2D eigenvalue weighted by atomic mass is 16.3. The molecule has 7 nitrogen and oxygen atoms in total. The first-order chi connectivity index (χ1) is 12.5. The van der Waals surface area contributed by atoms with Crippen LogP contribution in [-0.4, -0.2) is 45.7 Å². The Morgan fingerprint density at radius 2 is 1.92 bits per heavy atom. The molecule has 0 bridgehead atoms. The molecular formula is C19H20N4O3. The van der Waals surface area contributed by atoms with Crippen molar-refractivity contribution >= 4 is 28.4 Å². The van der Waals surface area contributed by atoms with Crippen LogP contribution in [0.15, 0.2) is 48.7 Å². The second-order valence-corrected chi connectivity index (χ2v) is 6.14. The van der Waals surface area contributed by atoms with Crippen LogP contribution in [-0.2, 0) is 11.3 Å². The van der Waals surface area contributed by atoms with E-state index in [0.717, 1.165) is 5.39 Å². The number of carbonyl (C=O) groups excluding carboxylic acids is 2. The van der Waals surface area contributed by atoms with E-state index < -0.39 is 5.91 Å². The molecule has 3 rings (SSSR count). The van der Waals surface area contributed by atoms with E-state index in [2.05, 4.69) is 10.4 Å². The molecule has 0 aliphatic heterocycles. The summed E-state index contributed by atoms with van der Waals surface area (Å²) in [6.07, 6.45) is 2.02. The minimum absolute atomic E-state index is 0.00626. The van der Waals surface area contributed by atoms with Gasteiger partial charge in [0.2, 0.25) is 5.91 Å². The van der Waals surface area contributed by atoms with Crippen molar-refractivity contribution in [2.75, 3.05) is 19.4 Å². The molecule has 1 heterocycles. The van der Waals surface area contributed by atoms with E-state index in [0.29, 0.717) is 24.2 Å². The Labute approximate surface area is 150 Å². The number of hydrogen-bond acceptors (Lipinski definition) is 4. The number of phenolic OH excluding ortho intramolecular Hbond substituents is 1.